The van der Waals surface area contributed by atoms with Crippen LogP contribution in [0.5, 0.6) is 11.5 Å². The Bertz CT molecular complexity index is 1230. The van der Waals surface area contributed by atoms with E-state index in [1.165, 1.54) is 6.07 Å². The first-order chi connectivity index (χ1) is 16.5. The molecule has 6 nitrogen and oxygen atoms in total. The van der Waals surface area contributed by atoms with Crippen LogP contribution in [-0.4, -0.2) is 20.4 Å². The molecule has 0 unspecified atom stereocenters. The molecule has 0 saturated carbocycles. The van der Waals surface area contributed by atoms with Gasteiger partial charge in [-0.3, -0.25) is 4.40 Å². The summed E-state index contributed by atoms with van der Waals surface area (Å²) in [6, 6.07) is 10.4. The Balaban J connectivity index is 0.000000970. The maximum Gasteiger partial charge on any atom is 0.184 e. The number of pyridine rings is 1. The van der Waals surface area contributed by atoms with E-state index in [0.29, 0.717) is 28.5 Å². The standard InChI is InChI=1S/C21H19F2N5OS.2C2H6/c1-3-30-27-15-5-7-19(29-20-6-4-14(22)9-17(20)23)16(10-15)13-8-18(24)21-26-25-12(2)28(21)11-13;2*1-2/h4-11,27H,3,24H2,1-2H3;2*1-2H3. The highest BCUT2D eigenvalue weighted by atomic mass is 32.2. The lowest BCUT2D eigenvalue weighted by atomic mass is 10.0. The topological polar surface area (TPSA) is 77.5 Å². The van der Waals surface area contributed by atoms with Gasteiger partial charge in [-0.15, -0.1) is 10.2 Å². The fourth-order valence-electron chi connectivity index (χ4n) is 3.02. The van der Waals surface area contributed by atoms with E-state index in [9.17, 15) is 8.78 Å². The van der Waals surface area contributed by atoms with Crippen molar-refractivity contribution in [3.8, 4) is 22.6 Å². The van der Waals surface area contributed by atoms with Crippen molar-refractivity contribution in [1.29, 1.82) is 0 Å². The van der Waals surface area contributed by atoms with E-state index >= 15 is 0 Å². The molecule has 2 heterocycles. The van der Waals surface area contributed by atoms with E-state index in [-0.39, 0.29) is 5.75 Å². The van der Waals surface area contributed by atoms with Crippen LogP contribution >= 0.6 is 11.9 Å². The number of benzene rings is 2. The monoisotopic (exact) mass is 487 g/mol. The van der Waals surface area contributed by atoms with Gasteiger partial charge in [0.1, 0.15) is 17.4 Å². The summed E-state index contributed by atoms with van der Waals surface area (Å²) in [6.07, 6.45) is 1.85. The van der Waals surface area contributed by atoms with Crippen molar-refractivity contribution in [2.24, 2.45) is 0 Å². The predicted molar refractivity (Wildman–Crippen MR) is 138 cm³/mol. The van der Waals surface area contributed by atoms with Gasteiger partial charge < -0.3 is 15.2 Å². The van der Waals surface area contributed by atoms with Crippen LogP contribution in [0.2, 0.25) is 0 Å². The van der Waals surface area contributed by atoms with Crippen LogP contribution in [0.15, 0.2) is 48.7 Å². The number of halogens is 2. The molecule has 0 atom stereocenters. The van der Waals surface area contributed by atoms with E-state index in [4.69, 9.17) is 10.5 Å². The quantitative estimate of drug-likeness (QED) is 0.274. The van der Waals surface area contributed by atoms with Gasteiger partial charge in [-0.1, -0.05) is 46.6 Å². The van der Waals surface area contributed by atoms with Crippen molar-refractivity contribution >= 4 is 29.0 Å². The molecule has 2 aromatic heterocycles. The zero-order valence-electron chi connectivity index (χ0n) is 20.3. The zero-order chi connectivity index (χ0) is 25.3. The number of fused-ring (bicyclic) bond motifs is 1. The lowest BCUT2D eigenvalue weighted by molar-refractivity contribution is 0.439. The van der Waals surface area contributed by atoms with Crippen molar-refractivity contribution < 1.29 is 13.5 Å². The molecule has 0 bridgehead atoms. The minimum absolute atomic E-state index is 0.0733. The molecule has 3 N–H and O–H groups in total. The molecular formula is C25H31F2N5OS. The number of nitrogens with zero attached hydrogens (tertiary/aromatic N) is 3. The summed E-state index contributed by atoms with van der Waals surface area (Å²) in [4.78, 5) is 0. The predicted octanol–water partition coefficient (Wildman–Crippen LogP) is 7.49. The number of aryl methyl sites for hydroxylation is 1. The van der Waals surface area contributed by atoms with Crippen molar-refractivity contribution in [3.63, 3.8) is 0 Å². The van der Waals surface area contributed by atoms with E-state index < -0.39 is 11.6 Å². The van der Waals surface area contributed by atoms with Crippen LogP contribution in [0.25, 0.3) is 16.8 Å². The highest BCUT2D eigenvalue weighted by Crippen LogP contribution is 2.38. The van der Waals surface area contributed by atoms with Crippen molar-refractivity contribution in [2.45, 2.75) is 41.5 Å². The van der Waals surface area contributed by atoms with Crippen LogP contribution in [0, 0.1) is 18.6 Å². The third kappa shape index (κ3) is 6.17. The average molecular weight is 488 g/mol. The number of hydrogen-bond acceptors (Lipinski definition) is 6. The van der Waals surface area contributed by atoms with Gasteiger partial charge in [0.05, 0.1) is 5.69 Å². The van der Waals surface area contributed by atoms with Gasteiger partial charge in [0, 0.05) is 34.8 Å². The molecule has 9 heteroatoms. The van der Waals surface area contributed by atoms with Crippen LogP contribution in [0.1, 0.15) is 40.4 Å². The van der Waals surface area contributed by atoms with Gasteiger partial charge in [-0.05, 0) is 43.3 Å². The molecule has 0 amide bonds. The average Bonchev–Trinajstić information content (AvgIpc) is 3.23. The number of aromatic nitrogens is 3. The summed E-state index contributed by atoms with van der Waals surface area (Å²) in [5.74, 6) is 0.439. The summed E-state index contributed by atoms with van der Waals surface area (Å²) < 4.78 is 38.3. The number of hydrogen-bond donors (Lipinski definition) is 2. The Morgan fingerprint density at radius 1 is 1.00 bits per heavy atom. The number of rotatable bonds is 6. The maximum atomic E-state index is 14.2. The first kappa shape index (κ1) is 26.9. The molecule has 2 aromatic carbocycles. The molecule has 0 aliphatic rings. The van der Waals surface area contributed by atoms with Crippen LogP contribution in [0.4, 0.5) is 20.2 Å². The molecule has 4 aromatic rings. The summed E-state index contributed by atoms with van der Waals surface area (Å²) >= 11 is 1.55. The highest BCUT2D eigenvalue weighted by molar-refractivity contribution is 8.00. The van der Waals surface area contributed by atoms with Crippen LogP contribution in [-0.2, 0) is 0 Å². The molecule has 4 rings (SSSR count). The molecule has 0 radical (unpaired) electrons. The first-order valence-corrected chi connectivity index (χ1v) is 12.2. The lowest BCUT2D eigenvalue weighted by Gasteiger charge is -2.15. The van der Waals surface area contributed by atoms with Gasteiger partial charge in [0.25, 0.3) is 0 Å². The largest absolute Gasteiger partial charge is 0.454 e. The van der Waals surface area contributed by atoms with Crippen LogP contribution in [0.3, 0.4) is 0 Å². The summed E-state index contributed by atoms with van der Waals surface area (Å²) in [5.41, 5.74) is 9.46. The minimum Gasteiger partial charge on any atom is -0.454 e. The van der Waals surface area contributed by atoms with E-state index in [2.05, 4.69) is 14.9 Å². The number of nitrogen functional groups attached to an aromatic ring is 1. The van der Waals surface area contributed by atoms with Gasteiger partial charge in [0.2, 0.25) is 0 Å². The van der Waals surface area contributed by atoms with Gasteiger partial charge in [0.15, 0.2) is 17.2 Å². The molecule has 34 heavy (non-hydrogen) atoms. The molecule has 0 saturated heterocycles. The minimum atomic E-state index is -0.783. The third-order valence-corrected chi connectivity index (χ3v) is 5.11. The molecule has 0 aliphatic heterocycles. The van der Waals surface area contributed by atoms with Gasteiger partial charge in [-0.2, -0.15) is 0 Å². The highest BCUT2D eigenvalue weighted by Gasteiger charge is 2.15. The second-order valence-electron chi connectivity index (χ2n) is 6.55. The Morgan fingerprint density at radius 3 is 2.38 bits per heavy atom. The van der Waals surface area contributed by atoms with Gasteiger partial charge in [-0.25, -0.2) is 8.78 Å². The number of ether oxygens (including phenoxy) is 1. The molecule has 0 spiro atoms. The Kier molecular flexibility index (Phi) is 10.1. The van der Waals surface area contributed by atoms with E-state index in [1.807, 2.05) is 59.9 Å². The van der Waals surface area contributed by atoms with Crippen molar-refractivity contribution in [1.82, 2.24) is 14.6 Å². The fraction of sp³-hybridized carbons (Fsp3) is 0.280. The molecule has 0 fully saturated rings. The maximum absolute atomic E-state index is 14.2. The fourth-order valence-corrected chi connectivity index (χ4v) is 3.45. The Hall–Kier alpha value is -3.33. The normalized spacial score (nSPS) is 10.1. The number of nitrogens with one attached hydrogen (secondary N) is 1. The second-order valence-corrected chi connectivity index (χ2v) is 7.62. The number of nitrogens with two attached hydrogens (primary N) is 1. The lowest BCUT2D eigenvalue weighted by Crippen LogP contribution is -1.98. The third-order valence-electron chi connectivity index (χ3n) is 4.44. The zero-order valence-corrected chi connectivity index (χ0v) is 21.1. The Labute approximate surface area is 203 Å². The SMILES string of the molecule is CC.CC.CCSNc1ccc(Oc2ccc(F)cc2F)c(-c2cc(N)c3nnc(C)n3c2)c1. The number of anilines is 2. The molecule has 182 valence electrons. The van der Waals surface area contributed by atoms with Crippen molar-refractivity contribution in [2.75, 3.05) is 16.2 Å². The summed E-state index contributed by atoms with van der Waals surface area (Å²) in [7, 11) is 0. The van der Waals surface area contributed by atoms with Crippen LogP contribution < -0.4 is 15.2 Å². The second kappa shape index (κ2) is 12.8. The smallest absolute Gasteiger partial charge is 0.184 e. The molecular weight excluding hydrogens is 456 g/mol. The summed E-state index contributed by atoms with van der Waals surface area (Å²) in [5, 5.41) is 8.14. The van der Waals surface area contributed by atoms with E-state index in [1.54, 1.807) is 28.5 Å². The van der Waals surface area contributed by atoms with Gasteiger partial charge >= 0.3 is 0 Å². The molecule has 0 aliphatic carbocycles. The Morgan fingerprint density at radius 2 is 1.71 bits per heavy atom. The summed E-state index contributed by atoms with van der Waals surface area (Å²) in [6.45, 7) is 11.9. The van der Waals surface area contributed by atoms with Crippen molar-refractivity contribution in [3.05, 3.63) is 66.1 Å². The first-order valence-electron chi connectivity index (χ1n) is 11.2. The van der Waals surface area contributed by atoms with E-state index in [0.717, 1.165) is 29.1 Å².